The maximum Gasteiger partial charge on any atom is 0.0702 e. The summed E-state index contributed by atoms with van der Waals surface area (Å²) in [5.74, 6) is -0.0861. The van der Waals surface area contributed by atoms with Crippen molar-refractivity contribution in [3.05, 3.63) is 29.6 Å². The smallest absolute Gasteiger partial charge is 0.0702 e. The third-order valence-corrected chi connectivity index (χ3v) is 1.93. The summed E-state index contributed by atoms with van der Waals surface area (Å²) in [5.41, 5.74) is 1.97. The van der Waals surface area contributed by atoms with Gasteiger partial charge in [-0.05, 0) is 25.6 Å². The van der Waals surface area contributed by atoms with Gasteiger partial charge in [-0.25, -0.2) is 0 Å². The molecule has 1 unspecified atom stereocenters. The molecule has 1 atom stereocenters. The second-order valence-electron chi connectivity index (χ2n) is 2.92. The van der Waals surface area contributed by atoms with Gasteiger partial charge in [0.2, 0.25) is 0 Å². The maximum atomic E-state index is 8.78. The fourth-order valence-corrected chi connectivity index (χ4v) is 1.23. The SMILES string of the molecule is CNCc1ncccc1C(C)C#N. The highest BCUT2D eigenvalue weighted by Gasteiger charge is 2.08. The first-order valence-corrected chi connectivity index (χ1v) is 4.27. The quantitative estimate of drug-likeness (QED) is 0.756. The van der Waals surface area contributed by atoms with Gasteiger partial charge in [0, 0.05) is 12.7 Å². The van der Waals surface area contributed by atoms with Crippen LogP contribution in [0.4, 0.5) is 0 Å². The molecule has 0 aromatic carbocycles. The molecule has 3 nitrogen and oxygen atoms in total. The lowest BCUT2D eigenvalue weighted by Crippen LogP contribution is -2.10. The van der Waals surface area contributed by atoms with Gasteiger partial charge in [0.15, 0.2) is 0 Å². The number of hydrogen-bond acceptors (Lipinski definition) is 3. The van der Waals surface area contributed by atoms with Gasteiger partial charge >= 0.3 is 0 Å². The van der Waals surface area contributed by atoms with Crippen molar-refractivity contribution in [3.8, 4) is 6.07 Å². The highest BCUT2D eigenvalue weighted by molar-refractivity contribution is 5.27. The molecular weight excluding hydrogens is 162 g/mol. The van der Waals surface area contributed by atoms with Crippen LogP contribution in [0.5, 0.6) is 0 Å². The van der Waals surface area contributed by atoms with Crippen LogP contribution in [0.1, 0.15) is 24.1 Å². The van der Waals surface area contributed by atoms with Crippen LogP contribution in [0.15, 0.2) is 18.3 Å². The van der Waals surface area contributed by atoms with E-state index in [0.717, 1.165) is 11.3 Å². The van der Waals surface area contributed by atoms with Gasteiger partial charge in [0.05, 0.1) is 17.7 Å². The molecule has 0 spiro atoms. The molecule has 13 heavy (non-hydrogen) atoms. The normalized spacial score (nSPS) is 12.1. The Morgan fingerprint density at radius 1 is 1.69 bits per heavy atom. The van der Waals surface area contributed by atoms with Crippen LogP contribution in [0.3, 0.4) is 0 Å². The van der Waals surface area contributed by atoms with Crippen LogP contribution >= 0.6 is 0 Å². The van der Waals surface area contributed by atoms with Gasteiger partial charge in [-0.1, -0.05) is 6.07 Å². The van der Waals surface area contributed by atoms with Gasteiger partial charge in [-0.15, -0.1) is 0 Å². The number of nitriles is 1. The molecule has 1 aromatic heterocycles. The van der Waals surface area contributed by atoms with Crippen molar-refractivity contribution in [2.45, 2.75) is 19.4 Å². The Morgan fingerprint density at radius 3 is 3.08 bits per heavy atom. The second-order valence-corrected chi connectivity index (χ2v) is 2.92. The zero-order valence-electron chi connectivity index (χ0n) is 7.91. The van der Waals surface area contributed by atoms with E-state index in [2.05, 4.69) is 16.4 Å². The van der Waals surface area contributed by atoms with E-state index in [0.29, 0.717) is 6.54 Å². The second kappa shape index (κ2) is 4.58. The van der Waals surface area contributed by atoms with Crippen molar-refractivity contribution in [1.29, 1.82) is 5.26 Å². The Hall–Kier alpha value is -1.40. The topological polar surface area (TPSA) is 48.7 Å². The van der Waals surface area contributed by atoms with E-state index >= 15 is 0 Å². The molecule has 3 heteroatoms. The first-order chi connectivity index (χ1) is 6.29. The average molecular weight is 175 g/mol. The van der Waals surface area contributed by atoms with E-state index in [9.17, 15) is 0 Å². The molecule has 0 radical (unpaired) electrons. The third kappa shape index (κ3) is 2.27. The molecule has 1 aromatic rings. The van der Waals surface area contributed by atoms with E-state index in [-0.39, 0.29) is 5.92 Å². The third-order valence-electron chi connectivity index (χ3n) is 1.93. The van der Waals surface area contributed by atoms with E-state index in [1.54, 1.807) is 6.20 Å². The standard InChI is InChI=1S/C10H13N3/c1-8(6-11)9-4-3-5-13-10(9)7-12-2/h3-5,8,12H,7H2,1-2H3. The van der Waals surface area contributed by atoms with Gasteiger partial charge in [-0.2, -0.15) is 5.26 Å². The summed E-state index contributed by atoms with van der Waals surface area (Å²) < 4.78 is 0. The van der Waals surface area contributed by atoms with Gasteiger partial charge in [0.25, 0.3) is 0 Å². The fraction of sp³-hybridized carbons (Fsp3) is 0.400. The zero-order chi connectivity index (χ0) is 9.68. The summed E-state index contributed by atoms with van der Waals surface area (Å²) >= 11 is 0. The summed E-state index contributed by atoms with van der Waals surface area (Å²) in [6.07, 6.45) is 1.75. The predicted molar refractivity (Wildman–Crippen MR) is 51.0 cm³/mol. The Bertz CT molecular complexity index is 314. The molecule has 68 valence electrons. The van der Waals surface area contributed by atoms with Gasteiger partial charge < -0.3 is 5.32 Å². The predicted octanol–water partition coefficient (Wildman–Crippen LogP) is 1.43. The van der Waals surface area contributed by atoms with Crippen LogP contribution in [-0.2, 0) is 6.54 Å². The summed E-state index contributed by atoms with van der Waals surface area (Å²) in [7, 11) is 1.87. The van der Waals surface area contributed by atoms with E-state index in [4.69, 9.17) is 5.26 Å². The number of hydrogen-bond donors (Lipinski definition) is 1. The monoisotopic (exact) mass is 175 g/mol. The minimum absolute atomic E-state index is 0.0861. The van der Waals surface area contributed by atoms with E-state index in [1.807, 2.05) is 26.1 Å². The van der Waals surface area contributed by atoms with Crippen molar-refractivity contribution in [1.82, 2.24) is 10.3 Å². The molecule has 1 heterocycles. The number of pyridine rings is 1. The molecule has 0 fully saturated rings. The van der Waals surface area contributed by atoms with Crippen LogP contribution in [0.25, 0.3) is 0 Å². The molecule has 1 N–H and O–H groups in total. The molecule has 0 aliphatic heterocycles. The molecular formula is C10H13N3. The molecule has 1 rings (SSSR count). The average Bonchev–Trinajstić information content (AvgIpc) is 2.18. The van der Waals surface area contributed by atoms with Crippen LogP contribution in [0, 0.1) is 11.3 Å². The Morgan fingerprint density at radius 2 is 2.46 bits per heavy atom. The molecule has 0 amide bonds. The first-order valence-electron chi connectivity index (χ1n) is 4.27. The maximum absolute atomic E-state index is 8.78. The zero-order valence-corrected chi connectivity index (χ0v) is 7.91. The van der Waals surface area contributed by atoms with Crippen molar-refractivity contribution in [2.24, 2.45) is 0 Å². The molecule has 0 aliphatic carbocycles. The van der Waals surface area contributed by atoms with Crippen molar-refractivity contribution in [2.75, 3.05) is 7.05 Å². The lowest BCUT2D eigenvalue weighted by atomic mass is 10.0. The highest BCUT2D eigenvalue weighted by atomic mass is 14.8. The van der Waals surface area contributed by atoms with Crippen LogP contribution < -0.4 is 5.32 Å². The number of nitrogens with one attached hydrogen (secondary N) is 1. The van der Waals surface area contributed by atoms with Crippen LogP contribution in [0.2, 0.25) is 0 Å². The Kier molecular flexibility index (Phi) is 3.41. The summed E-state index contributed by atoms with van der Waals surface area (Å²) in [4.78, 5) is 4.22. The van der Waals surface area contributed by atoms with Gasteiger partial charge in [0.1, 0.15) is 0 Å². The van der Waals surface area contributed by atoms with E-state index < -0.39 is 0 Å². The molecule has 0 aliphatic rings. The van der Waals surface area contributed by atoms with Crippen molar-refractivity contribution >= 4 is 0 Å². The lowest BCUT2D eigenvalue weighted by molar-refractivity contribution is 0.767. The Balaban J connectivity index is 2.98. The first kappa shape index (κ1) is 9.69. The summed E-state index contributed by atoms with van der Waals surface area (Å²) in [6, 6.07) is 6.03. The largest absolute Gasteiger partial charge is 0.314 e. The van der Waals surface area contributed by atoms with Crippen LogP contribution in [-0.4, -0.2) is 12.0 Å². The summed E-state index contributed by atoms with van der Waals surface area (Å²) in [5, 5.41) is 11.8. The fourth-order valence-electron chi connectivity index (χ4n) is 1.23. The van der Waals surface area contributed by atoms with Gasteiger partial charge in [-0.3, -0.25) is 4.98 Å². The number of aromatic nitrogens is 1. The highest BCUT2D eigenvalue weighted by Crippen LogP contribution is 2.16. The van der Waals surface area contributed by atoms with E-state index in [1.165, 1.54) is 0 Å². The summed E-state index contributed by atoms with van der Waals surface area (Å²) in [6.45, 7) is 2.60. The lowest BCUT2D eigenvalue weighted by Gasteiger charge is -2.08. The molecule has 0 saturated carbocycles. The minimum Gasteiger partial charge on any atom is -0.314 e. The Labute approximate surface area is 78.4 Å². The minimum atomic E-state index is -0.0861. The van der Waals surface area contributed by atoms with Crippen molar-refractivity contribution < 1.29 is 0 Å². The number of rotatable bonds is 3. The molecule has 0 saturated heterocycles. The molecule has 0 bridgehead atoms. The van der Waals surface area contributed by atoms with Crippen molar-refractivity contribution in [3.63, 3.8) is 0 Å². The number of nitrogens with zero attached hydrogens (tertiary/aromatic N) is 2.